The van der Waals surface area contributed by atoms with Crippen molar-refractivity contribution in [3.63, 3.8) is 0 Å². The van der Waals surface area contributed by atoms with Gasteiger partial charge in [0.2, 0.25) is 0 Å². The maximum atomic E-state index is 12.2. The molecule has 1 N–H and O–H groups in total. The molecule has 30 heavy (non-hydrogen) atoms. The molecule has 0 fully saturated rings. The molecule has 1 amide bonds. The lowest BCUT2D eigenvalue weighted by molar-refractivity contribution is 0.0955. The number of nitrogens with zero attached hydrogens (tertiary/aromatic N) is 1. The molecule has 0 aliphatic carbocycles. The Bertz CT molecular complexity index is 1050. The molecule has 0 saturated carbocycles. The Labute approximate surface area is 196 Å². The summed E-state index contributed by atoms with van der Waals surface area (Å²) in [5.74, 6) is 1.02. The number of methoxy groups -OCH3 is 1. The Hall–Kier alpha value is -2.35. The average Bonchev–Trinajstić information content (AvgIpc) is 2.74. The second-order valence-corrected chi connectivity index (χ2v) is 8.24. The van der Waals surface area contributed by atoms with E-state index in [-0.39, 0.29) is 5.91 Å². The highest BCUT2D eigenvalue weighted by Gasteiger charge is 2.10. The molecule has 3 rings (SSSR count). The van der Waals surface area contributed by atoms with E-state index in [9.17, 15) is 4.79 Å². The van der Waals surface area contributed by atoms with E-state index in [1.807, 2.05) is 36.4 Å². The fourth-order valence-corrected chi connectivity index (χ4v) is 4.17. The molecule has 0 aliphatic rings. The molecule has 0 aliphatic heterocycles. The molecular weight excluding hydrogens is 536 g/mol. The van der Waals surface area contributed by atoms with Gasteiger partial charge in [0.05, 0.1) is 22.3 Å². The van der Waals surface area contributed by atoms with Crippen LogP contribution in [0.2, 0.25) is 5.02 Å². The van der Waals surface area contributed by atoms with Crippen LogP contribution in [0.25, 0.3) is 0 Å². The third kappa shape index (κ3) is 5.84. The Morgan fingerprint density at radius 1 is 1.10 bits per heavy atom. The number of nitrogens with one attached hydrogen (secondary N) is 1. The Balaban J connectivity index is 1.64. The minimum atomic E-state index is -0.313. The first-order valence-corrected chi connectivity index (χ1v) is 10.8. The summed E-state index contributed by atoms with van der Waals surface area (Å²) < 4.78 is 12.5. The molecule has 0 saturated heterocycles. The van der Waals surface area contributed by atoms with E-state index in [1.54, 1.807) is 37.6 Å². The standard InChI is InChI=1S/C22H17Br2ClN2O3/c1-29-17-8-6-15(7-9-17)22(28)27-26-12-14-10-18(23)21(19(24)11-14)30-13-16-4-2-3-5-20(16)25/h2-12H,13H2,1H3,(H,27,28)/b26-12-. The van der Waals surface area contributed by atoms with Crippen LogP contribution in [0.5, 0.6) is 11.5 Å². The second kappa shape index (κ2) is 10.6. The van der Waals surface area contributed by atoms with Gasteiger partial charge in [-0.05, 0) is 79.9 Å². The van der Waals surface area contributed by atoms with Crippen LogP contribution in [0.3, 0.4) is 0 Å². The van der Waals surface area contributed by atoms with Crippen molar-refractivity contribution in [1.29, 1.82) is 0 Å². The monoisotopic (exact) mass is 550 g/mol. The van der Waals surface area contributed by atoms with E-state index in [1.165, 1.54) is 0 Å². The van der Waals surface area contributed by atoms with Crippen LogP contribution >= 0.6 is 43.5 Å². The smallest absolute Gasteiger partial charge is 0.271 e. The molecule has 0 atom stereocenters. The molecule has 5 nitrogen and oxygen atoms in total. The number of rotatable bonds is 7. The zero-order valence-corrected chi connectivity index (χ0v) is 19.8. The number of carbonyl (C=O) groups excluding carboxylic acids is 1. The number of hydrazone groups is 1. The number of carbonyl (C=O) groups is 1. The Morgan fingerprint density at radius 2 is 1.77 bits per heavy atom. The van der Waals surface area contributed by atoms with Gasteiger partial charge in [0.1, 0.15) is 18.1 Å². The summed E-state index contributed by atoms with van der Waals surface area (Å²) in [7, 11) is 1.57. The normalized spacial score (nSPS) is 10.8. The summed E-state index contributed by atoms with van der Waals surface area (Å²) >= 11 is 13.2. The van der Waals surface area contributed by atoms with Crippen molar-refractivity contribution in [1.82, 2.24) is 5.43 Å². The summed E-state index contributed by atoms with van der Waals surface area (Å²) in [6.07, 6.45) is 1.55. The van der Waals surface area contributed by atoms with E-state index in [4.69, 9.17) is 21.1 Å². The van der Waals surface area contributed by atoms with Gasteiger partial charge in [0.25, 0.3) is 5.91 Å². The van der Waals surface area contributed by atoms with Crippen LogP contribution in [0.1, 0.15) is 21.5 Å². The minimum absolute atomic E-state index is 0.313. The van der Waals surface area contributed by atoms with Crippen molar-refractivity contribution in [2.45, 2.75) is 6.61 Å². The number of ether oxygens (including phenoxy) is 2. The topological polar surface area (TPSA) is 59.9 Å². The Kier molecular flexibility index (Phi) is 7.90. The van der Waals surface area contributed by atoms with Gasteiger partial charge in [-0.1, -0.05) is 29.8 Å². The lowest BCUT2D eigenvalue weighted by Gasteiger charge is -2.12. The molecule has 8 heteroatoms. The van der Waals surface area contributed by atoms with Gasteiger partial charge in [-0.25, -0.2) is 5.43 Å². The number of hydrogen-bond donors (Lipinski definition) is 1. The van der Waals surface area contributed by atoms with Crippen LogP contribution in [-0.4, -0.2) is 19.2 Å². The first-order valence-electron chi connectivity index (χ1n) is 8.80. The van der Waals surface area contributed by atoms with E-state index in [0.29, 0.717) is 28.7 Å². The fourth-order valence-electron chi connectivity index (χ4n) is 2.53. The number of benzene rings is 3. The van der Waals surface area contributed by atoms with E-state index in [2.05, 4.69) is 42.4 Å². The van der Waals surface area contributed by atoms with Gasteiger partial charge in [0, 0.05) is 16.1 Å². The van der Waals surface area contributed by atoms with Crippen LogP contribution in [0.4, 0.5) is 0 Å². The van der Waals surface area contributed by atoms with Gasteiger partial charge in [-0.2, -0.15) is 5.10 Å². The van der Waals surface area contributed by atoms with Gasteiger partial charge in [-0.3, -0.25) is 4.79 Å². The molecule has 0 unspecified atom stereocenters. The predicted molar refractivity (Wildman–Crippen MR) is 126 cm³/mol. The van der Waals surface area contributed by atoms with Crippen LogP contribution in [0, 0.1) is 0 Å². The lowest BCUT2D eigenvalue weighted by Crippen LogP contribution is -2.17. The van der Waals surface area contributed by atoms with Crippen molar-refractivity contribution in [3.8, 4) is 11.5 Å². The quantitative estimate of drug-likeness (QED) is 0.280. The largest absolute Gasteiger partial charge is 0.497 e. The van der Waals surface area contributed by atoms with E-state index in [0.717, 1.165) is 20.1 Å². The average molecular weight is 553 g/mol. The van der Waals surface area contributed by atoms with Crippen LogP contribution < -0.4 is 14.9 Å². The molecule has 154 valence electrons. The number of amides is 1. The first kappa shape index (κ1) is 22.3. The predicted octanol–water partition coefficient (Wildman–Crippen LogP) is 6.22. The SMILES string of the molecule is COc1ccc(C(=O)N/N=C\c2cc(Br)c(OCc3ccccc3Cl)c(Br)c2)cc1. The highest BCUT2D eigenvalue weighted by Crippen LogP contribution is 2.35. The van der Waals surface area contributed by atoms with Gasteiger partial charge in [0.15, 0.2) is 0 Å². The first-order chi connectivity index (χ1) is 14.5. The van der Waals surface area contributed by atoms with Gasteiger partial charge >= 0.3 is 0 Å². The molecule has 0 spiro atoms. The molecule has 3 aromatic rings. The summed E-state index contributed by atoms with van der Waals surface area (Å²) in [6, 6.07) is 18.0. The highest BCUT2D eigenvalue weighted by atomic mass is 79.9. The molecule has 0 heterocycles. The molecule has 0 bridgehead atoms. The minimum Gasteiger partial charge on any atom is -0.497 e. The third-order valence-electron chi connectivity index (χ3n) is 4.08. The molecular formula is C22H17Br2ClN2O3. The molecule has 0 radical (unpaired) electrons. The Morgan fingerprint density at radius 3 is 2.40 bits per heavy atom. The lowest BCUT2D eigenvalue weighted by atomic mass is 10.2. The number of hydrogen-bond acceptors (Lipinski definition) is 4. The van der Waals surface area contributed by atoms with Crippen molar-refractivity contribution in [2.24, 2.45) is 5.10 Å². The van der Waals surface area contributed by atoms with Gasteiger partial charge < -0.3 is 9.47 Å². The van der Waals surface area contributed by atoms with Crippen LogP contribution in [-0.2, 0) is 6.61 Å². The van der Waals surface area contributed by atoms with E-state index < -0.39 is 0 Å². The summed E-state index contributed by atoms with van der Waals surface area (Å²) in [6.45, 7) is 0.336. The van der Waals surface area contributed by atoms with Gasteiger partial charge in [-0.15, -0.1) is 0 Å². The van der Waals surface area contributed by atoms with Crippen molar-refractivity contribution < 1.29 is 14.3 Å². The highest BCUT2D eigenvalue weighted by molar-refractivity contribution is 9.11. The zero-order chi connectivity index (χ0) is 21.5. The van der Waals surface area contributed by atoms with Crippen LogP contribution in [0.15, 0.2) is 74.7 Å². The molecule has 0 aromatic heterocycles. The molecule has 3 aromatic carbocycles. The number of halogens is 3. The fraction of sp³-hybridized carbons (Fsp3) is 0.0909. The third-order valence-corrected chi connectivity index (χ3v) is 5.63. The maximum Gasteiger partial charge on any atom is 0.271 e. The van der Waals surface area contributed by atoms with Crippen molar-refractivity contribution >= 4 is 55.6 Å². The van der Waals surface area contributed by atoms with Crippen molar-refractivity contribution in [2.75, 3.05) is 7.11 Å². The van der Waals surface area contributed by atoms with E-state index >= 15 is 0 Å². The second-order valence-electron chi connectivity index (χ2n) is 6.12. The van der Waals surface area contributed by atoms with Crippen molar-refractivity contribution in [3.05, 3.63) is 91.3 Å². The maximum absolute atomic E-state index is 12.2. The summed E-state index contributed by atoms with van der Waals surface area (Å²) in [4.78, 5) is 12.2. The summed E-state index contributed by atoms with van der Waals surface area (Å²) in [5, 5.41) is 4.68. The zero-order valence-electron chi connectivity index (χ0n) is 15.9. The summed E-state index contributed by atoms with van der Waals surface area (Å²) in [5.41, 5.74) is 4.65.